The Morgan fingerprint density at radius 1 is 1.39 bits per heavy atom. The number of nitrogens with zero attached hydrogens (tertiary/aromatic N) is 3. The highest BCUT2D eigenvalue weighted by molar-refractivity contribution is 5.73. The van der Waals surface area contributed by atoms with E-state index in [4.69, 9.17) is 0 Å². The standard InChI is InChI=1S/C17H23N5O/c1-12-11-22-8-4-6-15(16(22)21-12)10-20-17(23)19-9-14-5-3-7-18-13(14)2/h3,5,7,11,15H,4,6,8-10H2,1-2H3,(H2,19,20,23). The lowest BCUT2D eigenvalue weighted by molar-refractivity contribution is 0.239. The Balaban J connectivity index is 1.51. The van der Waals surface area contributed by atoms with Crippen LogP contribution in [-0.2, 0) is 13.1 Å². The number of nitrogens with one attached hydrogen (secondary N) is 2. The molecule has 2 aromatic rings. The Kier molecular flexibility index (Phi) is 4.60. The predicted molar refractivity (Wildman–Crippen MR) is 88.2 cm³/mol. The molecule has 1 aliphatic rings. The van der Waals surface area contributed by atoms with E-state index in [-0.39, 0.29) is 6.03 Å². The number of aromatic nitrogens is 3. The van der Waals surface area contributed by atoms with Crippen LogP contribution in [0.2, 0.25) is 0 Å². The van der Waals surface area contributed by atoms with Gasteiger partial charge in [-0.05, 0) is 38.3 Å². The van der Waals surface area contributed by atoms with Gasteiger partial charge in [-0.25, -0.2) is 9.78 Å². The fraction of sp³-hybridized carbons (Fsp3) is 0.471. The topological polar surface area (TPSA) is 71.8 Å². The number of hydrogen-bond acceptors (Lipinski definition) is 3. The fourth-order valence-corrected chi connectivity index (χ4v) is 3.06. The van der Waals surface area contributed by atoms with E-state index in [2.05, 4.69) is 31.4 Å². The molecule has 0 fully saturated rings. The number of fused-ring (bicyclic) bond motifs is 1. The Morgan fingerprint density at radius 2 is 2.26 bits per heavy atom. The van der Waals surface area contributed by atoms with E-state index in [1.807, 2.05) is 26.0 Å². The van der Waals surface area contributed by atoms with E-state index >= 15 is 0 Å². The van der Waals surface area contributed by atoms with Gasteiger partial charge in [0.1, 0.15) is 5.82 Å². The molecule has 2 aromatic heterocycles. The quantitative estimate of drug-likeness (QED) is 0.909. The largest absolute Gasteiger partial charge is 0.337 e. The van der Waals surface area contributed by atoms with Crippen molar-refractivity contribution in [2.45, 2.75) is 45.7 Å². The number of aryl methyl sites for hydroxylation is 3. The summed E-state index contributed by atoms with van der Waals surface area (Å²) in [5.41, 5.74) is 3.02. The number of urea groups is 1. The first-order valence-corrected chi connectivity index (χ1v) is 8.09. The summed E-state index contributed by atoms with van der Waals surface area (Å²) in [5.74, 6) is 1.39. The number of carbonyl (C=O) groups is 1. The highest BCUT2D eigenvalue weighted by Crippen LogP contribution is 2.25. The van der Waals surface area contributed by atoms with Gasteiger partial charge in [-0.3, -0.25) is 4.98 Å². The average molecular weight is 313 g/mol. The minimum Gasteiger partial charge on any atom is -0.337 e. The molecule has 6 heteroatoms. The highest BCUT2D eigenvalue weighted by Gasteiger charge is 2.22. The molecule has 2 N–H and O–H groups in total. The second-order valence-corrected chi connectivity index (χ2v) is 6.08. The zero-order valence-electron chi connectivity index (χ0n) is 13.7. The third kappa shape index (κ3) is 3.70. The van der Waals surface area contributed by atoms with Crippen molar-refractivity contribution in [3.05, 3.63) is 47.3 Å². The molecule has 0 saturated heterocycles. The van der Waals surface area contributed by atoms with Gasteiger partial charge >= 0.3 is 6.03 Å². The van der Waals surface area contributed by atoms with Crippen LogP contribution in [-0.4, -0.2) is 27.1 Å². The van der Waals surface area contributed by atoms with E-state index in [0.29, 0.717) is 19.0 Å². The molecule has 0 aliphatic carbocycles. The minimum absolute atomic E-state index is 0.145. The summed E-state index contributed by atoms with van der Waals surface area (Å²) in [4.78, 5) is 20.8. The first-order chi connectivity index (χ1) is 11.1. The molecule has 0 radical (unpaired) electrons. The van der Waals surface area contributed by atoms with Gasteiger partial charge in [0.05, 0.1) is 5.69 Å². The predicted octanol–water partition coefficient (Wildman–Crippen LogP) is 2.27. The molecule has 0 saturated carbocycles. The van der Waals surface area contributed by atoms with Gasteiger partial charge in [-0.1, -0.05) is 6.07 Å². The molecule has 0 aromatic carbocycles. The monoisotopic (exact) mass is 313 g/mol. The highest BCUT2D eigenvalue weighted by atomic mass is 16.2. The van der Waals surface area contributed by atoms with Gasteiger partial charge in [0.25, 0.3) is 0 Å². The number of carbonyl (C=O) groups excluding carboxylic acids is 1. The zero-order valence-corrected chi connectivity index (χ0v) is 13.7. The molecule has 23 heavy (non-hydrogen) atoms. The molecule has 122 valence electrons. The van der Waals surface area contributed by atoms with Crippen LogP contribution in [0.1, 0.15) is 41.5 Å². The third-order valence-electron chi connectivity index (χ3n) is 4.31. The van der Waals surface area contributed by atoms with E-state index in [0.717, 1.165) is 42.2 Å². The SMILES string of the molecule is Cc1cn2c(n1)C(CNC(=O)NCc1cccnc1C)CCC2. The van der Waals surface area contributed by atoms with E-state index in [1.54, 1.807) is 6.20 Å². The van der Waals surface area contributed by atoms with Crippen molar-refractivity contribution >= 4 is 6.03 Å². The number of imidazole rings is 1. The molecule has 6 nitrogen and oxygen atoms in total. The van der Waals surface area contributed by atoms with Crippen molar-refractivity contribution in [2.75, 3.05) is 6.54 Å². The van der Waals surface area contributed by atoms with Crippen molar-refractivity contribution in [1.82, 2.24) is 25.2 Å². The zero-order chi connectivity index (χ0) is 16.2. The van der Waals surface area contributed by atoms with Crippen LogP contribution in [0.4, 0.5) is 4.79 Å². The second-order valence-electron chi connectivity index (χ2n) is 6.08. The van der Waals surface area contributed by atoms with Gasteiger partial charge in [-0.2, -0.15) is 0 Å². The summed E-state index contributed by atoms with van der Waals surface area (Å²) in [6, 6.07) is 3.71. The summed E-state index contributed by atoms with van der Waals surface area (Å²) >= 11 is 0. The van der Waals surface area contributed by atoms with Crippen LogP contribution in [0, 0.1) is 13.8 Å². The first-order valence-electron chi connectivity index (χ1n) is 8.09. The summed E-state index contributed by atoms with van der Waals surface area (Å²) in [6.45, 7) is 6.09. The van der Waals surface area contributed by atoms with Crippen molar-refractivity contribution in [3.63, 3.8) is 0 Å². The number of pyridine rings is 1. The van der Waals surface area contributed by atoms with E-state index in [1.165, 1.54) is 0 Å². The molecule has 1 unspecified atom stereocenters. The smallest absolute Gasteiger partial charge is 0.315 e. The summed E-state index contributed by atoms with van der Waals surface area (Å²) < 4.78 is 2.21. The maximum Gasteiger partial charge on any atom is 0.315 e. The van der Waals surface area contributed by atoms with Crippen LogP contribution in [0.25, 0.3) is 0 Å². The second kappa shape index (κ2) is 6.81. The lowest BCUT2D eigenvalue weighted by atomic mass is 9.99. The lowest BCUT2D eigenvalue weighted by Gasteiger charge is -2.23. The Labute approximate surface area is 136 Å². The fourth-order valence-electron chi connectivity index (χ4n) is 3.06. The van der Waals surface area contributed by atoms with Crippen LogP contribution < -0.4 is 10.6 Å². The van der Waals surface area contributed by atoms with Crippen molar-refractivity contribution in [2.24, 2.45) is 0 Å². The number of hydrogen-bond donors (Lipinski definition) is 2. The summed E-state index contributed by atoms with van der Waals surface area (Å²) in [5, 5.41) is 5.86. The minimum atomic E-state index is -0.145. The van der Waals surface area contributed by atoms with Gasteiger partial charge in [-0.15, -0.1) is 0 Å². The molecular weight excluding hydrogens is 290 g/mol. The average Bonchev–Trinajstić information content (AvgIpc) is 2.93. The molecule has 3 heterocycles. The van der Waals surface area contributed by atoms with Gasteiger partial charge in [0.15, 0.2) is 0 Å². The van der Waals surface area contributed by atoms with Crippen molar-refractivity contribution < 1.29 is 4.79 Å². The first kappa shape index (κ1) is 15.5. The van der Waals surface area contributed by atoms with Crippen molar-refractivity contribution in [3.8, 4) is 0 Å². The van der Waals surface area contributed by atoms with Crippen LogP contribution in [0.5, 0.6) is 0 Å². The summed E-state index contributed by atoms with van der Waals surface area (Å²) in [7, 11) is 0. The maximum atomic E-state index is 12.0. The van der Waals surface area contributed by atoms with Gasteiger partial charge in [0, 0.05) is 43.6 Å². The van der Waals surface area contributed by atoms with Crippen molar-refractivity contribution in [1.29, 1.82) is 0 Å². The maximum absolute atomic E-state index is 12.0. The third-order valence-corrected chi connectivity index (χ3v) is 4.31. The van der Waals surface area contributed by atoms with E-state index < -0.39 is 0 Å². The molecule has 1 aliphatic heterocycles. The molecule has 0 bridgehead atoms. The number of rotatable bonds is 4. The van der Waals surface area contributed by atoms with Crippen LogP contribution >= 0.6 is 0 Å². The Morgan fingerprint density at radius 3 is 3.09 bits per heavy atom. The van der Waals surface area contributed by atoms with Crippen LogP contribution in [0.15, 0.2) is 24.5 Å². The van der Waals surface area contributed by atoms with Gasteiger partial charge in [0.2, 0.25) is 0 Å². The Bertz CT molecular complexity index is 694. The van der Waals surface area contributed by atoms with Crippen LogP contribution in [0.3, 0.4) is 0 Å². The lowest BCUT2D eigenvalue weighted by Crippen LogP contribution is -2.38. The molecule has 3 rings (SSSR count). The van der Waals surface area contributed by atoms with E-state index in [9.17, 15) is 4.79 Å². The summed E-state index contributed by atoms with van der Waals surface area (Å²) in [6.07, 6.45) is 6.04. The normalized spacial score (nSPS) is 16.7. The molecule has 0 spiro atoms. The Hall–Kier alpha value is -2.37. The van der Waals surface area contributed by atoms with Gasteiger partial charge < -0.3 is 15.2 Å². The molecule has 2 amide bonds. The molecular formula is C17H23N5O. The molecule has 1 atom stereocenters. The number of amides is 2.